The minimum Gasteiger partial charge on any atom is -0.135 e. The van der Waals surface area contributed by atoms with Crippen molar-refractivity contribution in [2.75, 3.05) is 0 Å². The zero-order chi connectivity index (χ0) is 38.1. The van der Waals surface area contributed by atoms with Crippen molar-refractivity contribution in [1.29, 1.82) is 0 Å². The van der Waals surface area contributed by atoms with Crippen molar-refractivity contribution < 1.29 is 0 Å². The Hall–Kier alpha value is -6.37. The molecule has 0 aliphatic carbocycles. The second-order valence-corrected chi connectivity index (χ2v) is 23.5. The van der Waals surface area contributed by atoms with Crippen molar-refractivity contribution in [2.45, 2.75) is 0 Å². The molecule has 0 N–H and O–H groups in total. The topological polar surface area (TPSA) is 0 Å². The summed E-state index contributed by atoms with van der Waals surface area (Å²) >= 11 is 1.89. The normalized spacial score (nSPS) is 11.9. The Balaban J connectivity index is 1.13. The summed E-state index contributed by atoms with van der Waals surface area (Å²) < 4.78 is 2.64. The third kappa shape index (κ3) is 5.95. The van der Waals surface area contributed by atoms with Gasteiger partial charge in [0.1, 0.15) is 0 Å². The van der Waals surface area contributed by atoms with Crippen LogP contribution in [0.4, 0.5) is 0 Å². The molecular weight excluding hydrogens is 737 g/mol. The minimum atomic E-state index is -2.66. The highest BCUT2D eigenvalue weighted by Gasteiger charge is 2.42. The monoisotopic (exact) mass is 776 g/mol. The fourth-order valence-electron chi connectivity index (χ4n) is 9.23. The van der Waals surface area contributed by atoms with Crippen LogP contribution in [0.15, 0.2) is 243 Å². The Morgan fingerprint density at radius 3 is 0.895 bits per heavy atom. The SMILES string of the molecule is c1ccc([Si](c2ccccc2)(c2ccccc2)c2ccc(-c3ccc4sc5ccc([Si](c6ccccc6)(c6ccccc6)c6ccccc6)cc5c4c3)cc2)cc1. The molecule has 0 saturated heterocycles. The van der Waals surface area contributed by atoms with Gasteiger partial charge in [-0.05, 0) is 70.8 Å². The van der Waals surface area contributed by atoms with Crippen LogP contribution >= 0.6 is 11.3 Å². The number of hydrogen-bond donors (Lipinski definition) is 0. The molecular formula is C54H40SSi2. The fraction of sp³-hybridized carbons (Fsp3) is 0. The molecule has 57 heavy (non-hydrogen) atoms. The molecule has 3 heteroatoms. The number of rotatable bonds is 9. The van der Waals surface area contributed by atoms with Gasteiger partial charge >= 0.3 is 0 Å². The van der Waals surface area contributed by atoms with Gasteiger partial charge in [0.25, 0.3) is 0 Å². The van der Waals surface area contributed by atoms with Gasteiger partial charge in [-0.1, -0.05) is 224 Å². The molecule has 0 nitrogen and oxygen atoms in total. The largest absolute Gasteiger partial charge is 0.179 e. The maximum absolute atomic E-state index is 2.66. The summed E-state index contributed by atoms with van der Waals surface area (Å²) in [6, 6.07) is 91.0. The fourth-order valence-corrected chi connectivity index (χ4v) is 19.8. The van der Waals surface area contributed by atoms with Crippen molar-refractivity contribution in [3.05, 3.63) is 243 Å². The Morgan fingerprint density at radius 2 is 0.509 bits per heavy atom. The van der Waals surface area contributed by atoms with Gasteiger partial charge in [-0.3, -0.25) is 0 Å². The van der Waals surface area contributed by atoms with Gasteiger partial charge in [-0.2, -0.15) is 0 Å². The van der Waals surface area contributed by atoms with E-state index in [0.717, 1.165) is 0 Å². The van der Waals surface area contributed by atoms with Crippen LogP contribution in [-0.2, 0) is 0 Å². The summed E-state index contributed by atoms with van der Waals surface area (Å²) in [5, 5.41) is 13.8. The third-order valence-corrected chi connectivity index (χ3v) is 22.5. The van der Waals surface area contributed by atoms with E-state index < -0.39 is 16.1 Å². The zero-order valence-electron chi connectivity index (χ0n) is 31.5. The van der Waals surface area contributed by atoms with Crippen LogP contribution in [0.3, 0.4) is 0 Å². The molecule has 0 unspecified atom stereocenters. The molecule has 9 aromatic carbocycles. The van der Waals surface area contributed by atoms with Crippen LogP contribution < -0.4 is 41.5 Å². The highest BCUT2D eigenvalue weighted by Crippen LogP contribution is 2.36. The lowest BCUT2D eigenvalue weighted by atomic mass is 10.0. The van der Waals surface area contributed by atoms with Crippen LogP contribution in [0, 0.1) is 0 Å². The molecule has 1 heterocycles. The van der Waals surface area contributed by atoms with Gasteiger partial charge in [0.2, 0.25) is 0 Å². The van der Waals surface area contributed by atoms with Gasteiger partial charge in [0, 0.05) is 20.2 Å². The van der Waals surface area contributed by atoms with Crippen LogP contribution in [0.1, 0.15) is 0 Å². The second kappa shape index (κ2) is 14.9. The van der Waals surface area contributed by atoms with Crippen LogP contribution in [0.5, 0.6) is 0 Å². The van der Waals surface area contributed by atoms with E-state index in [1.165, 1.54) is 72.8 Å². The third-order valence-electron chi connectivity index (χ3n) is 11.8. The van der Waals surface area contributed by atoms with Crippen molar-refractivity contribution in [2.24, 2.45) is 0 Å². The molecule has 10 aromatic rings. The van der Waals surface area contributed by atoms with Crippen LogP contribution in [-0.4, -0.2) is 16.1 Å². The number of hydrogen-bond acceptors (Lipinski definition) is 1. The Morgan fingerprint density at radius 1 is 0.228 bits per heavy atom. The van der Waals surface area contributed by atoms with Gasteiger partial charge in [0.15, 0.2) is 16.1 Å². The molecule has 0 amide bonds. The molecule has 0 aliphatic rings. The van der Waals surface area contributed by atoms with E-state index in [1.54, 1.807) is 0 Å². The molecule has 1 aromatic heterocycles. The molecule has 0 radical (unpaired) electrons. The van der Waals surface area contributed by atoms with Crippen molar-refractivity contribution in [1.82, 2.24) is 0 Å². The predicted octanol–water partition coefficient (Wildman–Crippen LogP) is 8.48. The summed E-state index contributed by atoms with van der Waals surface area (Å²) in [4.78, 5) is 0. The summed E-state index contributed by atoms with van der Waals surface area (Å²) in [6.07, 6.45) is 0. The minimum absolute atomic E-state index is 1.23. The first kappa shape index (κ1) is 35.1. The summed E-state index contributed by atoms with van der Waals surface area (Å²) in [7, 11) is -5.25. The van der Waals surface area contributed by atoms with E-state index in [4.69, 9.17) is 0 Å². The Labute approximate surface area is 341 Å². The first-order valence-electron chi connectivity index (χ1n) is 19.7. The summed E-state index contributed by atoms with van der Waals surface area (Å²) in [6.45, 7) is 0. The van der Waals surface area contributed by atoms with E-state index in [1.807, 2.05) is 11.3 Å². The first-order valence-corrected chi connectivity index (χ1v) is 24.5. The molecule has 0 atom stereocenters. The number of thiophene rings is 1. The van der Waals surface area contributed by atoms with E-state index in [0.29, 0.717) is 0 Å². The van der Waals surface area contributed by atoms with Crippen LogP contribution in [0.2, 0.25) is 0 Å². The highest BCUT2D eigenvalue weighted by molar-refractivity contribution is 7.26. The molecule has 10 rings (SSSR count). The first-order chi connectivity index (χ1) is 28.3. The van der Waals surface area contributed by atoms with Gasteiger partial charge in [0.05, 0.1) is 0 Å². The van der Waals surface area contributed by atoms with E-state index in [2.05, 4.69) is 243 Å². The average molecular weight is 777 g/mol. The molecule has 0 bridgehead atoms. The molecule has 0 aliphatic heterocycles. The smallest absolute Gasteiger partial charge is 0.135 e. The number of benzene rings is 9. The van der Waals surface area contributed by atoms with Crippen molar-refractivity contribution in [3.63, 3.8) is 0 Å². The zero-order valence-corrected chi connectivity index (χ0v) is 34.3. The van der Waals surface area contributed by atoms with Gasteiger partial charge in [-0.15, -0.1) is 11.3 Å². The van der Waals surface area contributed by atoms with E-state index in [9.17, 15) is 0 Å². The molecule has 0 spiro atoms. The standard InChI is InChI=1S/C54H40SSi2/c1-7-19-43(20-8-1)56(44-21-9-2-10-22-44,45-23-11-3-12-24-45)49-34-31-41(32-35-49)42-33-37-53-51(39-42)52-40-50(36-38-54(52)55-53)57(46-25-13-4-14-26-46,47-27-15-5-16-28-47)48-29-17-6-18-30-48/h1-40H. The quantitative estimate of drug-likeness (QED) is 0.102. The summed E-state index contributed by atoms with van der Waals surface area (Å²) in [5.74, 6) is 0. The van der Waals surface area contributed by atoms with Gasteiger partial charge in [-0.25, -0.2) is 0 Å². The number of fused-ring (bicyclic) bond motifs is 3. The van der Waals surface area contributed by atoms with E-state index in [-0.39, 0.29) is 0 Å². The molecule has 270 valence electrons. The maximum atomic E-state index is 2.53. The lowest BCUT2D eigenvalue weighted by Crippen LogP contribution is -2.74. The lowest BCUT2D eigenvalue weighted by molar-refractivity contribution is 1.64. The highest BCUT2D eigenvalue weighted by atomic mass is 32.1. The second-order valence-electron chi connectivity index (χ2n) is 14.8. The maximum Gasteiger partial charge on any atom is 0.179 e. The van der Waals surface area contributed by atoms with Crippen molar-refractivity contribution in [3.8, 4) is 11.1 Å². The predicted molar refractivity (Wildman–Crippen MR) is 252 cm³/mol. The Kier molecular flexibility index (Phi) is 9.20. The van der Waals surface area contributed by atoms with Crippen molar-refractivity contribution >= 4 is 89.2 Å². The molecule has 0 fully saturated rings. The van der Waals surface area contributed by atoms with Gasteiger partial charge < -0.3 is 0 Å². The molecule has 0 saturated carbocycles. The summed E-state index contributed by atoms with van der Waals surface area (Å²) in [5.41, 5.74) is 2.47. The van der Waals surface area contributed by atoms with Crippen LogP contribution in [0.25, 0.3) is 31.3 Å². The Bertz CT molecular complexity index is 2720. The average Bonchev–Trinajstić information content (AvgIpc) is 3.67. The lowest BCUT2D eigenvalue weighted by Gasteiger charge is -2.34. The van der Waals surface area contributed by atoms with E-state index >= 15 is 0 Å².